The highest BCUT2D eigenvalue weighted by atomic mass is 16.6. The lowest BCUT2D eigenvalue weighted by molar-refractivity contribution is 0.00645. The Morgan fingerprint density at radius 3 is 2.24 bits per heavy atom. The van der Waals surface area contributed by atoms with Crippen LogP contribution < -0.4 is 0 Å². The smallest absolute Gasteiger partial charge is 0.359 e. The van der Waals surface area contributed by atoms with Crippen molar-refractivity contribution < 1.29 is 9.53 Å². The minimum Gasteiger partial charge on any atom is -0.455 e. The van der Waals surface area contributed by atoms with Gasteiger partial charge >= 0.3 is 5.97 Å². The Hall–Kier alpha value is -2.95. The van der Waals surface area contributed by atoms with Crippen LogP contribution in [-0.4, -0.2) is 26.5 Å². The first kappa shape index (κ1) is 16.9. The fourth-order valence-electron chi connectivity index (χ4n) is 2.42. The number of carbonyl (C=O) groups excluding carboxylic acids is 1. The number of imidazole rings is 1. The largest absolute Gasteiger partial charge is 0.455 e. The van der Waals surface area contributed by atoms with Crippen molar-refractivity contribution >= 4 is 5.97 Å². The molecule has 25 heavy (non-hydrogen) atoms. The van der Waals surface area contributed by atoms with Crippen LogP contribution in [0.3, 0.4) is 0 Å². The Kier molecular flexibility index (Phi) is 4.40. The molecular weight excluding hydrogens is 314 g/mol. The molecule has 0 aliphatic carbocycles. The van der Waals surface area contributed by atoms with Crippen LogP contribution in [-0.2, 0) is 4.74 Å². The van der Waals surface area contributed by atoms with Crippen molar-refractivity contribution in [3.8, 4) is 22.6 Å². The lowest BCUT2D eigenvalue weighted by Gasteiger charge is -2.19. The van der Waals surface area contributed by atoms with Crippen LogP contribution in [0.1, 0.15) is 36.8 Å². The number of aromatic amines is 1. The van der Waals surface area contributed by atoms with Gasteiger partial charge in [-0.25, -0.2) is 9.78 Å². The number of hydrogen-bond acceptors (Lipinski definition) is 4. The summed E-state index contributed by atoms with van der Waals surface area (Å²) in [6, 6.07) is 11.6. The minimum atomic E-state index is -0.588. The van der Waals surface area contributed by atoms with Gasteiger partial charge in [0, 0.05) is 23.5 Å². The maximum atomic E-state index is 12.6. The Morgan fingerprint density at radius 1 is 1.00 bits per heavy atom. The molecule has 1 N–H and O–H groups in total. The van der Waals surface area contributed by atoms with Gasteiger partial charge in [0.05, 0.1) is 5.69 Å². The van der Waals surface area contributed by atoms with E-state index in [1.807, 2.05) is 64.1 Å². The molecule has 0 amide bonds. The topological polar surface area (TPSA) is 67.9 Å². The molecule has 2 aromatic heterocycles. The van der Waals surface area contributed by atoms with Crippen molar-refractivity contribution in [3.05, 3.63) is 60.0 Å². The Balaban J connectivity index is 2.08. The molecule has 5 heteroatoms. The third-order valence-corrected chi connectivity index (χ3v) is 3.59. The summed E-state index contributed by atoms with van der Waals surface area (Å²) in [4.78, 5) is 24.4. The molecule has 0 aliphatic rings. The van der Waals surface area contributed by atoms with E-state index < -0.39 is 11.6 Å². The molecule has 0 radical (unpaired) electrons. The highest BCUT2D eigenvalue weighted by Crippen LogP contribution is 2.27. The molecule has 0 bridgehead atoms. The number of ether oxygens (including phenoxy) is 1. The second-order valence-corrected chi connectivity index (χ2v) is 6.91. The van der Waals surface area contributed by atoms with E-state index in [1.165, 1.54) is 0 Å². The Labute approximate surface area is 147 Å². The average Bonchev–Trinajstić information content (AvgIpc) is 3.00. The van der Waals surface area contributed by atoms with Crippen LogP contribution in [0.25, 0.3) is 22.6 Å². The molecule has 5 nitrogen and oxygen atoms in total. The summed E-state index contributed by atoms with van der Waals surface area (Å²) in [5, 5.41) is 0. The summed E-state index contributed by atoms with van der Waals surface area (Å²) in [6.07, 6.45) is 3.36. The molecule has 0 aliphatic heterocycles. The first-order chi connectivity index (χ1) is 11.8. The molecule has 0 saturated heterocycles. The Bertz CT molecular complexity index is 876. The number of H-pyrrole nitrogens is 1. The normalized spacial score (nSPS) is 11.4. The van der Waals surface area contributed by atoms with Crippen LogP contribution in [0.4, 0.5) is 0 Å². The van der Waals surface area contributed by atoms with E-state index in [-0.39, 0.29) is 5.69 Å². The van der Waals surface area contributed by atoms with E-state index in [1.54, 1.807) is 12.4 Å². The summed E-state index contributed by atoms with van der Waals surface area (Å²) >= 11 is 0. The SMILES string of the molecule is Cc1ccc(-c2nc(C(=O)OC(C)(C)C)c(-c3ccncc3)[nH]2)cc1. The number of aromatic nitrogens is 3. The van der Waals surface area contributed by atoms with Gasteiger partial charge in [-0.2, -0.15) is 0 Å². The van der Waals surface area contributed by atoms with Crippen molar-refractivity contribution in [1.29, 1.82) is 0 Å². The molecule has 3 aromatic rings. The third kappa shape index (κ3) is 3.94. The van der Waals surface area contributed by atoms with Gasteiger partial charge in [0.15, 0.2) is 5.69 Å². The van der Waals surface area contributed by atoms with Crippen LogP contribution in [0, 0.1) is 6.92 Å². The molecule has 0 atom stereocenters. The van der Waals surface area contributed by atoms with E-state index >= 15 is 0 Å². The second kappa shape index (κ2) is 6.51. The van der Waals surface area contributed by atoms with E-state index in [0.717, 1.165) is 16.7 Å². The van der Waals surface area contributed by atoms with Crippen LogP contribution >= 0.6 is 0 Å². The third-order valence-electron chi connectivity index (χ3n) is 3.59. The molecule has 0 saturated carbocycles. The maximum Gasteiger partial charge on any atom is 0.359 e. The van der Waals surface area contributed by atoms with Gasteiger partial charge < -0.3 is 9.72 Å². The molecule has 128 valence electrons. The average molecular weight is 335 g/mol. The van der Waals surface area contributed by atoms with Crippen LogP contribution in [0.15, 0.2) is 48.8 Å². The molecule has 0 fully saturated rings. The molecular formula is C20H21N3O2. The van der Waals surface area contributed by atoms with Crippen LogP contribution in [0.5, 0.6) is 0 Å². The zero-order valence-electron chi connectivity index (χ0n) is 14.8. The second-order valence-electron chi connectivity index (χ2n) is 6.91. The van der Waals surface area contributed by atoms with Crippen molar-refractivity contribution in [2.24, 2.45) is 0 Å². The number of nitrogens with zero attached hydrogens (tertiary/aromatic N) is 2. The lowest BCUT2D eigenvalue weighted by atomic mass is 10.1. The van der Waals surface area contributed by atoms with Gasteiger partial charge in [-0.15, -0.1) is 0 Å². The van der Waals surface area contributed by atoms with E-state index in [4.69, 9.17) is 4.74 Å². The van der Waals surface area contributed by atoms with Crippen molar-refractivity contribution in [3.63, 3.8) is 0 Å². The number of carbonyl (C=O) groups is 1. The Morgan fingerprint density at radius 2 is 1.64 bits per heavy atom. The number of rotatable bonds is 3. The number of aryl methyl sites for hydroxylation is 1. The fraction of sp³-hybridized carbons (Fsp3) is 0.250. The quantitative estimate of drug-likeness (QED) is 0.720. The number of pyridine rings is 1. The summed E-state index contributed by atoms with van der Waals surface area (Å²) in [7, 11) is 0. The number of benzene rings is 1. The molecule has 3 rings (SSSR count). The van der Waals surface area contributed by atoms with Crippen molar-refractivity contribution in [2.75, 3.05) is 0 Å². The minimum absolute atomic E-state index is 0.275. The standard InChI is InChI=1S/C20H21N3O2/c1-13-5-7-15(8-6-13)18-22-16(14-9-11-21-12-10-14)17(23-18)19(24)25-20(2,3)4/h5-12H,1-4H3,(H,22,23). The zero-order chi connectivity index (χ0) is 18.0. The molecule has 2 heterocycles. The summed E-state index contributed by atoms with van der Waals surface area (Å²) in [6.45, 7) is 7.54. The predicted octanol–water partition coefficient (Wildman–Crippen LogP) is 4.40. The van der Waals surface area contributed by atoms with Gasteiger partial charge in [-0.1, -0.05) is 29.8 Å². The van der Waals surface area contributed by atoms with Gasteiger partial charge in [-0.05, 0) is 39.8 Å². The molecule has 0 spiro atoms. The van der Waals surface area contributed by atoms with Gasteiger partial charge in [0.2, 0.25) is 0 Å². The highest BCUT2D eigenvalue weighted by molar-refractivity contribution is 5.95. The lowest BCUT2D eigenvalue weighted by Crippen LogP contribution is -2.24. The molecule has 1 aromatic carbocycles. The first-order valence-electron chi connectivity index (χ1n) is 8.14. The monoisotopic (exact) mass is 335 g/mol. The molecule has 0 unspecified atom stereocenters. The predicted molar refractivity (Wildman–Crippen MR) is 97.2 cm³/mol. The van der Waals surface area contributed by atoms with Gasteiger partial charge in [0.1, 0.15) is 11.4 Å². The number of hydrogen-bond donors (Lipinski definition) is 1. The van der Waals surface area contributed by atoms with Gasteiger partial charge in [-0.3, -0.25) is 4.98 Å². The van der Waals surface area contributed by atoms with Crippen molar-refractivity contribution in [1.82, 2.24) is 15.0 Å². The van der Waals surface area contributed by atoms with Crippen molar-refractivity contribution in [2.45, 2.75) is 33.3 Å². The maximum absolute atomic E-state index is 12.6. The summed E-state index contributed by atoms with van der Waals surface area (Å²) in [5.74, 6) is 0.182. The number of esters is 1. The van der Waals surface area contributed by atoms with E-state index in [0.29, 0.717) is 11.5 Å². The van der Waals surface area contributed by atoms with Gasteiger partial charge in [0.25, 0.3) is 0 Å². The van der Waals surface area contributed by atoms with E-state index in [2.05, 4.69) is 15.0 Å². The first-order valence-corrected chi connectivity index (χ1v) is 8.14. The van der Waals surface area contributed by atoms with E-state index in [9.17, 15) is 4.79 Å². The number of nitrogens with one attached hydrogen (secondary N) is 1. The summed E-state index contributed by atoms with van der Waals surface area (Å²) in [5.41, 5.74) is 3.23. The fourth-order valence-corrected chi connectivity index (χ4v) is 2.42. The summed E-state index contributed by atoms with van der Waals surface area (Å²) < 4.78 is 5.52. The zero-order valence-corrected chi connectivity index (χ0v) is 14.8. The highest BCUT2D eigenvalue weighted by Gasteiger charge is 2.25. The van der Waals surface area contributed by atoms with Crippen LogP contribution in [0.2, 0.25) is 0 Å².